The van der Waals surface area contributed by atoms with Gasteiger partial charge in [-0.25, -0.2) is 28.5 Å². The summed E-state index contributed by atoms with van der Waals surface area (Å²) in [5, 5.41) is 10.3. The summed E-state index contributed by atoms with van der Waals surface area (Å²) in [6, 6.07) is 19.7. The van der Waals surface area contributed by atoms with Gasteiger partial charge in [0.05, 0.1) is 45.2 Å². The van der Waals surface area contributed by atoms with Gasteiger partial charge in [-0.3, -0.25) is 0 Å². The third kappa shape index (κ3) is 5.44. The lowest BCUT2D eigenvalue weighted by Crippen LogP contribution is -2.31. The van der Waals surface area contributed by atoms with Gasteiger partial charge < -0.3 is 19.1 Å². The molecule has 43 heavy (non-hydrogen) atoms. The van der Waals surface area contributed by atoms with Crippen LogP contribution in [0.1, 0.15) is 33.2 Å². The van der Waals surface area contributed by atoms with Crippen molar-refractivity contribution in [3.63, 3.8) is 0 Å². The van der Waals surface area contributed by atoms with E-state index in [2.05, 4.69) is 15.0 Å². The van der Waals surface area contributed by atoms with Crippen LogP contribution in [0.2, 0.25) is 0 Å². The fourth-order valence-corrected chi connectivity index (χ4v) is 6.01. The number of ether oxygens (including phenoxy) is 2. The molecule has 8 nitrogen and oxygen atoms in total. The van der Waals surface area contributed by atoms with Gasteiger partial charge in [-0.15, -0.1) is 11.3 Å². The second-order valence-corrected chi connectivity index (χ2v) is 11.4. The highest BCUT2D eigenvalue weighted by Gasteiger charge is 2.24. The van der Waals surface area contributed by atoms with Crippen LogP contribution in [0, 0.1) is 11.6 Å². The van der Waals surface area contributed by atoms with Crippen molar-refractivity contribution in [2.75, 3.05) is 6.61 Å². The smallest absolute Gasteiger partial charge is 0.335 e. The molecule has 1 aliphatic heterocycles. The Bertz CT molecular complexity index is 1970. The SMILES string of the molecule is O=C(O)c1ccc2nc(Cc3cc(F)c(-c4cccc(OCc5nc6ccccc6s5)n4)cc3F)n(C[C@@H]3CCO3)c2c1. The molecule has 11 heteroatoms. The van der Waals surface area contributed by atoms with E-state index in [1.165, 1.54) is 17.4 Å². The second-order valence-electron chi connectivity index (χ2n) is 10.3. The van der Waals surface area contributed by atoms with Crippen molar-refractivity contribution in [1.82, 2.24) is 19.5 Å². The summed E-state index contributed by atoms with van der Waals surface area (Å²) < 4.78 is 45.3. The number of pyridine rings is 1. The zero-order valence-electron chi connectivity index (χ0n) is 22.7. The summed E-state index contributed by atoms with van der Waals surface area (Å²) in [6.07, 6.45) is 0.806. The van der Waals surface area contributed by atoms with Crippen molar-refractivity contribution in [1.29, 1.82) is 0 Å². The first-order chi connectivity index (χ1) is 20.9. The molecule has 0 aliphatic carbocycles. The van der Waals surface area contributed by atoms with Crippen molar-refractivity contribution in [3.8, 4) is 17.1 Å². The predicted molar refractivity (Wildman–Crippen MR) is 157 cm³/mol. The van der Waals surface area contributed by atoms with E-state index in [-0.39, 0.29) is 47.4 Å². The van der Waals surface area contributed by atoms with Crippen LogP contribution in [0.3, 0.4) is 0 Å². The number of aromatic carboxylic acids is 1. The average molecular weight is 599 g/mol. The van der Waals surface area contributed by atoms with E-state index < -0.39 is 17.6 Å². The van der Waals surface area contributed by atoms with E-state index in [0.717, 1.165) is 33.8 Å². The third-order valence-corrected chi connectivity index (χ3v) is 8.43. The Morgan fingerprint density at radius 2 is 1.86 bits per heavy atom. The second kappa shape index (κ2) is 11.2. The van der Waals surface area contributed by atoms with E-state index in [9.17, 15) is 9.90 Å². The molecule has 6 aromatic rings. The molecule has 0 amide bonds. The van der Waals surface area contributed by atoms with E-state index in [4.69, 9.17) is 9.47 Å². The number of carbonyl (C=O) groups is 1. The Morgan fingerprint density at radius 1 is 1.00 bits per heavy atom. The van der Waals surface area contributed by atoms with Gasteiger partial charge in [0.25, 0.3) is 0 Å². The van der Waals surface area contributed by atoms with Gasteiger partial charge in [0.1, 0.15) is 29.1 Å². The minimum Gasteiger partial charge on any atom is -0.478 e. The molecule has 0 radical (unpaired) electrons. The van der Waals surface area contributed by atoms with Gasteiger partial charge in [0.15, 0.2) is 0 Å². The molecule has 1 aliphatic rings. The number of hydrogen-bond donors (Lipinski definition) is 1. The molecule has 3 aromatic carbocycles. The normalized spacial score (nSPS) is 14.7. The number of hydrogen-bond acceptors (Lipinski definition) is 7. The third-order valence-electron chi connectivity index (χ3n) is 7.42. The molecule has 1 saturated heterocycles. The topological polar surface area (TPSA) is 99.4 Å². The maximum Gasteiger partial charge on any atom is 0.335 e. The summed E-state index contributed by atoms with van der Waals surface area (Å²) in [5.74, 6) is -1.54. The van der Waals surface area contributed by atoms with Crippen LogP contribution < -0.4 is 4.74 Å². The molecule has 3 aromatic heterocycles. The first-order valence-electron chi connectivity index (χ1n) is 13.7. The molecule has 216 valence electrons. The number of imidazole rings is 1. The lowest BCUT2D eigenvalue weighted by molar-refractivity contribution is -0.0589. The van der Waals surface area contributed by atoms with Crippen LogP contribution in [0.4, 0.5) is 8.78 Å². The minimum atomic E-state index is -1.06. The van der Waals surface area contributed by atoms with E-state index in [1.807, 2.05) is 28.8 Å². The molecule has 7 rings (SSSR count). The molecule has 4 heterocycles. The van der Waals surface area contributed by atoms with Crippen molar-refractivity contribution in [3.05, 3.63) is 106 Å². The van der Waals surface area contributed by atoms with Gasteiger partial charge in [0, 0.05) is 24.7 Å². The summed E-state index contributed by atoms with van der Waals surface area (Å²) in [5.41, 5.74) is 2.56. The molecular weight excluding hydrogens is 574 g/mol. The Morgan fingerprint density at radius 3 is 2.65 bits per heavy atom. The fraction of sp³-hybridized carbons (Fsp3) is 0.188. The van der Waals surface area contributed by atoms with Gasteiger partial charge in [-0.1, -0.05) is 18.2 Å². The van der Waals surface area contributed by atoms with Gasteiger partial charge in [-0.2, -0.15) is 0 Å². The highest BCUT2D eigenvalue weighted by Crippen LogP contribution is 2.29. The van der Waals surface area contributed by atoms with E-state index in [0.29, 0.717) is 30.0 Å². The maximum atomic E-state index is 15.5. The molecule has 1 N–H and O–H groups in total. The molecule has 0 spiro atoms. The molecule has 0 saturated carbocycles. The number of thiazole rings is 1. The predicted octanol–water partition coefficient (Wildman–Crippen LogP) is 6.64. The number of fused-ring (bicyclic) bond motifs is 2. The van der Waals surface area contributed by atoms with Crippen molar-refractivity contribution in [2.45, 2.75) is 32.1 Å². The lowest BCUT2D eigenvalue weighted by Gasteiger charge is -2.27. The Labute approximate surface area is 248 Å². The number of aromatic nitrogens is 4. The van der Waals surface area contributed by atoms with Crippen molar-refractivity contribution < 1.29 is 28.2 Å². The molecule has 1 atom stereocenters. The Balaban J connectivity index is 1.15. The molecule has 0 unspecified atom stereocenters. The fourth-order valence-electron chi connectivity index (χ4n) is 5.13. The largest absolute Gasteiger partial charge is 0.478 e. The van der Waals surface area contributed by atoms with E-state index >= 15 is 8.78 Å². The highest BCUT2D eigenvalue weighted by molar-refractivity contribution is 7.18. The summed E-state index contributed by atoms with van der Waals surface area (Å²) in [6.45, 7) is 1.29. The number of nitrogens with zero attached hydrogens (tertiary/aromatic N) is 4. The van der Waals surface area contributed by atoms with E-state index in [1.54, 1.807) is 30.3 Å². The zero-order chi connectivity index (χ0) is 29.5. The highest BCUT2D eigenvalue weighted by atomic mass is 32.1. The summed E-state index contributed by atoms with van der Waals surface area (Å²) in [4.78, 5) is 25.2. The number of benzene rings is 3. The first kappa shape index (κ1) is 27.1. The monoisotopic (exact) mass is 598 g/mol. The van der Waals surface area contributed by atoms with Gasteiger partial charge >= 0.3 is 5.97 Å². The molecule has 0 bridgehead atoms. The van der Waals surface area contributed by atoms with Crippen LogP contribution in [-0.2, 0) is 24.3 Å². The number of para-hydroxylation sites is 1. The Hall–Kier alpha value is -4.74. The van der Waals surface area contributed by atoms with Crippen molar-refractivity contribution in [2.24, 2.45) is 0 Å². The first-order valence-corrected chi connectivity index (χ1v) is 14.5. The summed E-state index contributed by atoms with van der Waals surface area (Å²) >= 11 is 1.52. The summed E-state index contributed by atoms with van der Waals surface area (Å²) in [7, 11) is 0. The lowest BCUT2D eigenvalue weighted by atomic mass is 10.0. The van der Waals surface area contributed by atoms with Crippen LogP contribution in [0.15, 0.2) is 72.8 Å². The molecular formula is C32H24F2N4O4S. The van der Waals surface area contributed by atoms with Gasteiger partial charge in [-0.05, 0) is 60.5 Å². The number of carboxylic acid groups (broad SMARTS) is 1. The minimum absolute atomic E-state index is 0.00554. The van der Waals surface area contributed by atoms with Crippen LogP contribution in [-0.4, -0.2) is 43.3 Å². The Kier molecular flexibility index (Phi) is 7.04. The van der Waals surface area contributed by atoms with Crippen molar-refractivity contribution >= 4 is 38.6 Å². The quantitative estimate of drug-likeness (QED) is 0.199. The number of carboxylic acids is 1. The number of halogens is 2. The molecule has 1 fully saturated rings. The van der Waals surface area contributed by atoms with Gasteiger partial charge in [0.2, 0.25) is 5.88 Å². The average Bonchev–Trinajstić information content (AvgIpc) is 3.55. The standard InChI is InChI=1S/C32H24F2N4O4S/c33-22-15-21(24-5-3-7-30(36-24)42-17-31-37-26-4-1-2-6-28(26)43-31)23(34)12-19(22)14-29-35-25-9-8-18(32(39)40)13-27(25)38(29)16-20-10-11-41-20/h1-9,12-13,15,20H,10-11,14,16-17H2,(H,39,40)/t20-/m0/s1. The van der Waals surface area contributed by atoms with Crippen LogP contribution >= 0.6 is 11.3 Å². The van der Waals surface area contributed by atoms with Crippen LogP contribution in [0.25, 0.3) is 32.5 Å². The zero-order valence-corrected chi connectivity index (χ0v) is 23.5. The van der Waals surface area contributed by atoms with Crippen LogP contribution in [0.5, 0.6) is 5.88 Å². The maximum absolute atomic E-state index is 15.5. The number of rotatable bonds is 9.